The van der Waals surface area contributed by atoms with Crippen LogP contribution in [0.2, 0.25) is 0 Å². The molecule has 0 bridgehead atoms. The summed E-state index contributed by atoms with van der Waals surface area (Å²) >= 11 is 6.73. The Morgan fingerprint density at radius 2 is 2.00 bits per heavy atom. The SMILES string of the molecule is Cc1cc(Br)c(S(=O)(=O)N2CCOCC2C)cc1Br. The fourth-order valence-electron chi connectivity index (χ4n) is 2.02. The van der Waals surface area contributed by atoms with Gasteiger partial charge in [0.15, 0.2) is 0 Å². The van der Waals surface area contributed by atoms with E-state index in [1.54, 1.807) is 6.07 Å². The Bertz CT molecular complexity index is 589. The number of hydrogen-bond donors (Lipinski definition) is 0. The zero-order chi connectivity index (χ0) is 14.2. The molecule has 1 aliphatic heterocycles. The van der Waals surface area contributed by atoms with Crippen LogP contribution in [-0.4, -0.2) is 38.5 Å². The first-order valence-electron chi connectivity index (χ1n) is 5.89. The maximum atomic E-state index is 12.7. The summed E-state index contributed by atoms with van der Waals surface area (Å²) in [6.45, 7) is 5.04. The molecule has 1 aliphatic rings. The normalized spacial score (nSPS) is 21.6. The minimum absolute atomic E-state index is 0.147. The molecule has 106 valence electrons. The number of ether oxygens (including phenoxy) is 1. The van der Waals surface area contributed by atoms with Gasteiger partial charge in [-0.05, 0) is 47.5 Å². The number of rotatable bonds is 2. The molecule has 19 heavy (non-hydrogen) atoms. The van der Waals surface area contributed by atoms with Gasteiger partial charge in [0.2, 0.25) is 10.0 Å². The molecule has 2 rings (SSSR count). The number of sulfonamides is 1. The van der Waals surface area contributed by atoms with Crippen molar-refractivity contribution in [2.45, 2.75) is 24.8 Å². The highest BCUT2D eigenvalue weighted by molar-refractivity contribution is 9.11. The van der Waals surface area contributed by atoms with Crippen LogP contribution in [0.4, 0.5) is 0 Å². The molecule has 0 radical (unpaired) electrons. The molecule has 0 aliphatic carbocycles. The zero-order valence-electron chi connectivity index (χ0n) is 10.7. The number of aryl methyl sites for hydroxylation is 1. The third kappa shape index (κ3) is 3.05. The van der Waals surface area contributed by atoms with Crippen molar-refractivity contribution < 1.29 is 13.2 Å². The average Bonchev–Trinajstić information content (AvgIpc) is 2.34. The number of benzene rings is 1. The van der Waals surface area contributed by atoms with Crippen LogP contribution in [0.1, 0.15) is 12.5 Å². The molecule has 0 spiro atoms. The van der Waals surface area contributed by atoms with E-state index in [-0.39, 0.29) is 6.04 Å². The quantitative estimate of drug-likeness (QED) is 0.750. The lowest BCUT2D eigenvalue weighted by molar-refractivity contribution is 0.0392. The summed E-state index contributed by atoms with van der Waals surface area (Å²) in [6.07, 6.45) is 0. The van der Waals surface area contributed by atoms with Crippen LogP contribution in [0, 0.1) is 6.92 Å². The lowest BCUT2D eigenvalue weighted by Crippen LogP contribution is -2.47. The van der Waals surface area contributed by atoms with Gasteiger partial charge in [-0.3, -0.25) is 0 Å². The first-order chi connectivity index (χ1) is 8.84. The first-order valence-corrected chi connectivity index (χ1v) is 8.92. The highest BCUT2D eigenvalue weighted by Crippen LogP contribution is 2.31. The minimum Gasteiger partial charge on any atom is -0.378 e. The van der Waals surface area contributed by atoms with Crippen molar-refractivity contribution in [2.24, 2.45) is 0 Å². The molecule has 1 saturated heterocycles. The molecule has 1 aromatic carbocycles. The van der Waals surface area contributed by atoms with Crippen LogP contribution >= 0.6 is 31.9 Å². The zero-order valence-corrected chi connectivity index (χ0v) is 14.7. The van der Waals surface area contributed by atoms with E-state index in [0.29, 0.717) is 29.1 Å². The molecule has 7 heteroatoms. The Morgan fingerprint density at radius 3 is 2.63 bits per heavy atom. The van der Waals surface area contributed by atoms with E-state index >= 15 is 0 Å². The lowest BCUT2D eigenvalue weighted by atomic mass is 10.2. The molecular formula is C12H15Br2NO3S. The van der Waals surface area contributed by atoms with Crippen molar-refractivity contribution in [3.05, 3.63) is 26.6 Å². The Balaban J connectivity index is 2.47. The van der Waals surface area contributed by atoms with E-state index in [2.05, 4.69) is 31.9 Å². The number of nitrogens with zero attached hydrogens (tertiary/aromatic N) is 1. The lowest BCUT2D eigenvalue weighted by Gasteiger charge is -2.32. The van der Waals surface area contributed by atoms with E-state index in [1.165, 1.54) is 4.31 Å². The summed E-state index contributed by atoms with van der Waals surface area (Å²) < 4.78 is 33.6. The maximum absolute atomic E-state index is 12.7. The van der Waals surface area contributed by atoms with Gasteiger partial charge in [0.25, 0.3) is 0 Å². The molecule has 4 nitrogen and oxygen atoms in total. The monoisotopic (exact) mass is 411 g/mol. The van der Waals surface area contributed by atoms with Crippen molar-refractivity contribution in [3.63, 3.8) is 0 Å². The van der Waals surface area contributed by atoms with Crippen LogP contribution in [-0.2, 0) is 14.8 Å². The molecule has 1 fully saturated rings. The van der Waals surface area contributed by atoms with Gasteiger partial charge in [0, 0.05) is 21.5 Å². The molecular weight excluding hydrogens is 398 g/mol. The smallest absolute Gasteiger partial charge is 0.244 e. The van der Waals surface area contributed by atoms with Crippen LogP contribution in [0.25, 0.3) is 0 Å². The van der Waals surface area contributed by atoms with Gasteiger partial charge in [-0.15, -0.1) is 0 Å². The average molecular weight is 413 g/mol. The minimum atomic E-state index is -3.50. The molecule has 1 atom stereocenters. The standard InChI is InChI=1S/C12H15Br2NO3S/c1-8-5-11(14)12(6-10(8)13)19(16,17)15-3-4-18-7-9(15)2/h5-6,9H,3-4,7H2,1-2H3. The van der Waals surface area contributed by atoms with Gasteiger partial charge in [0.05, 0.1) is 18.1 Å². The van der Waals surface area contributed by atoms with E-state index < -0.39 is 10.0 Å². The highest BCUT2D eigenvalue weighted by Gasteiger charge is 2.33. The predicted octanol–water partition coefficient (Wildman–Crippen LogP) is 2.93. The summed E-state index contributed by atoms with van der Waals surface area (Å²) in [5.41, 5.74) is 0.987. The van der Waals surface area contributed by atoms with Crippen molar-refractivity contribution >= 4 is 41.9 Å². The van der Waals surface area contributed by atoms with Crippen molar-refractivity contribution in [1.82, 2.24) is 4.31 Å². The van der Waals surface area contributed by atoms with Gasteiger partial charge in [-0.2, -0.15) is 4.31 Å². The molecule has 0 N–H and O–H groups in total. The van der Waals surface area contributed by atoms with Gasteiger partial charge < -0.3 is 4.74 Å². The van der Waals surface area contributed by atoms with Gasteiger partial charge in [-0.1, -0.05) is 15.9 Å². The summed E-state index contributed by atoms with van der Waals surface area (Å²) in [5.74, 6) is 0. The van der Waals surface area contributed by atoms with E-state index in [4.69, 9.17) is 4.74 Å². The number of halogens is 2. The van der Waals surface area contributed by atoms with E-state index in [1.807, 2.05) is 19.9 Å². The summed E-state index contributed by atoms with van der Waals surface area (Å²) in [7, 11) is -3.50. The molecule has 0 amide bonds. The maximum Gasteiger partial charge on any atom is 0.244 e. The summed E-state index contributed by atoms with van der Waals surface area (Å²) in [5, 5.41) is 0. The van der Waals surface area contributed by atoms with E-state index in [0.717, 1.165) is 10.0 Å². The molecule has 0 saturated carbocycles. The predicted molar refractivity (Wildman–Crippen MR) is 80.8 cm³/mol. The van der Waals surface area contributed by atoms with Crippen LogP contribution in [0.15, 0.2) is 26.0 Å². The largest absolute Gasteiger partial charge is 0.378 e. The topological polar surface area (TPSA) is 46.6 Å². The Labute approximate surface area is 130 Å². The fraction of sp³-hybridized carbons (Fsp3) is 0.500. The van der Waals surface area contributed by atoms with Crippen LogP contribution < -0.4 is 0 Å². The third-order valence-electron chi connectivity index (χ3n) is 3.11. The number of morpholine rings is 1. The van der Waals surface area contributed by atoms with Gasteiger partial charge >= 0.3 is 0 Å². The second-order valence-electron chi connectivity index (χ2n) is 4.57. The van der Waals surface area contributed by atoms with Crippen molar-refractivity contribution in [3.8, 4) is 0 Å². The molecule has 1 heterocycles. The Kier molecular flexibility index (Phi) is 4.72. The second-order valence-corrected chi connectivity index (χ2v) is 8.14. The molecule has 0 aromatic heterocycles. The van der Waals surface area contributed by atoms with Crippen molar-refractivity contribution in [1.29, 1.82) is 0 Å². The van der Waals surface area contributed by atoms with Gasteiger partial charge in [-0.25, -0.2) is 8.42 Å². The summed E-state index contributed by atoms with van der Waals surface area (Å²) in [6, 6.07) is 3.31. The first kappa shape index (κ1) is 15.4. The Hall–Kier alpha value is 0.0500. The van der Waals surface area contributed by atoms with Crippen molar-refractivity contribution in [2.75, 3.05) is 19.8 Å². The number of hydrogen-bond acceptors (Lipinski definition) is 3. The van der Waals surface area contributed by atoms with Crippen LogP contribution in [0.3, 0.4) is 0 Å². The Morgan fingerprint density at radius 1 is 1.32 bits per heavy atom. The van der Waals surface area contributed by atoms with Crippen LogP contribution in [0.5, 0.6) is 0 Å². The molecule has 1 unspecified atom stereocenters. The third-order valence-corrected chi connectivity index (χ3v) is 6.93. The second kappa shape index (κ2) is 5.81. The van der Waals surface area contributed by atoms with E-state index in [9.17, 15) is 8.42 Å². The van der Waals surface area contributed by atoms with Gasteiger partial charge in [0.1, 0.15) is 0 Å². The summed E-state index contributed by atoms with van der Waals surface area (Å²) in [4.78, 5) is 0.290. The highest BCUT2D eigenvalue weighted by atomic mass is 79.9. The molecule has 1 aromatic rings. The fourth-order valence-corrected chi connectivity index (χ4v) is 5.26.